The first-order valence-corrected chi connectivity index (χ1v) is 6.84. The fourth-order valence-corrected chi connectivity index (χ4v) is 2.56. The first-order chi connectivity index (χ1) is 9.02. The molecule has 1 fully saturated rings. The molecule has 0 N–H and O–H groups in total. The summed E-state index contributed by atoms with van der Waals surface area (Å²) in [5.74, 6) is 0.306. The van der Waals surface area contributed by atoms with Gasteiger partial charge in [-0.05, 0) is 25.3 Å². The predicted octanol–water partition coefficient (Wildman–Crippen LogP) is 1.57. The van der Waals surface area contributed by atoms with Crippen molar-refractivity contribution in [3.8, 4) is 0 Å². The lowest BCUT2D eigenvalue weighted by molar-refractivity contribution is -0.121. The summed E-state index contributed by atoms with van der Waals surface area (Å²) >= 11 is 0. The molecule has 0 unspecified atom stereocenters. The standard InChI is InChI=1S/C14H21N3O2/c1-4-10-9-13(17(3)15-10)14(19)16(2)11-5-7-12(18)8-6-11/h9,11H,4-8H2,1-3H3. The Morgan fingerprint density at radius 1 is 1.47 bits per heavy atom. The van der Waals surface area contributed by atoms with Crippen LogP contribution in [0.4, 0.5) is 0 Å². The van der Waals surface area contributed by atoms with Gasteiger partial charge in [0.15, 0.2) is 0 Å². The molecule has 1 aliphatic carbocycles. The Morgan fingerprint density at radius 3 is 2.63 bits per heavy atom. The zero-order valence-corrected chi connectivity index (χ0v) is 11.8. The van der Waals surface area contributed by atoms with Gasteiger partial charge < -0.3 is 4.90 Å². The summed E-state index contributed by atoms with van der Waals surface area (Å²) in [5, 5.41) is 4.30. The minimum Gasteiger partial charge on any atom is -0.337 e. The average Bonchev–Trinajstić information content (AvgIpc) is 2.79. The molecule has 0 aliphatic heterocycles. The van der Waals surface area contributed by atoms with Gasteiger partial charge in [-0.25, -0.2) is 0 Å². The van der Waals surface area contributed by atoms with Crippen LogP contribution >= 0.6 is 0 Å². The summed E-state index contributed by atoms with van der Waals surface area (Å²) in [5.41, 5.74) is 1.55. The number of ketones is 1. The molecule has 0 spiro atoms. The van der Waals surface area contributed by atoms with Crippen molar-refractivity contribution in [3.05, 3.63) is 17.5 Å². The van der Waals surface area contributed by atoms with Crippen LogP contribution in [0.3, 0.4) is 0 Å². The highest BCUT2D eigenvalue weighted by Crippen LogP contribution is 2.21. The van der Waals surface area contributed by atoms with Crippen LogP contribution in [0.2, 0.25) is 0 Å². The predicted molar refractivity (Wildman–Crippen MR) is 71.9 cm³/mol. The van der Waals surface area contributed by atoms with Crippen molar-refractivity contribution in [1.29, 1.82) is 0 Å². The molecule has 0 bridgehead atoms. The number of hydrogen-bond acceptors (Lipinski definition) is 3. The highest BCUT2D eigenvalue weighted by Gasteiger charge is 2.27. The van der Waals surface area contributed by atoms with Gasteiger partial charge in [-0.3, -0.25) is 14.3 Å². The zero-order chi connectivity index (χ0) is 14.0. The van der Waals surface area contributed by atoms with E-state index in [4.69, 9.17) is 0 Å². The fraction of sp³-hybridized carbons (Fsp3) is 0.643. The Bertz CT molecular complexity index is 483. The lowest BCUT2D eigenvalue weighted by Crippen LogP contribution is -2.40. The second kappa shape index (κ2) is 5.55. The van der Waals surface area contributed by atoms with Gasteiger partial charge in [0.2, 0.25) is 0 Å². The highest BCUT2D eigenvalue weighted by molar-refractivity contribution is 5.93. The maximum atomic E-state index is 12.5. The van der Waals surface area contributed by atoms with Gasteiger partial charge in [0.05, 0.1) is 5.69 Å². The van der Waals surface area contributed by atoms with Crippen molar-refractivity contribution >= 4 is 11.7 Å². The van der Waals surface area contributed by atoms with E-state index in [1.165, 1.54) is 0 Å². The van der Waals surface area contributed by atoms with E-state index >= 15 is 0 Å². The molecule has 1 amide bonds. The fourth-order valence-electron chi connectivity index (χ4n) is 2.56. The molecule has 1 aromatic rings. The van der Waals surface area contributed by atoms with Crippen LogP contribution in [0.1, 0.15) is 48.8 Å². The van der Waals surface area contributed by atoms with Crippen molar-refractivity contribution in [2.24, 2.45) is 7.05 Å². The highest BCUT2D eigenvalue weighted by atomic mass is 16.2. The SMILES string of the molecule is CCc1cc(C(=O)N(C)C2CCC(=O)CC2)n(C)n1. The third kappa shape index (κ3) is 2.85. The van der Waals surface area contributed by atoms with E-state index in [-0.39, 0.29) is 11.9 Å². The molecule has 1 aliphatic rings. The number of carbonyl (C=O) groups excluding carboxylic acids is 2. The van der Waals surface area contributed by atoms with Gasteiger partial charge in [0, 0.05) is 33.0 Å². The average molecular weight is 263 g/mol. The summed E-state index contributed by atoms with van der Waals surface area (Å²) in [6.07, 6.45) is 3.56. The normalized spacial score (nSPS) is 16.7. The first-order valence-electron chi connectivity index (χ1n) is 6.84. The number of carbonyl (C=O) groups is 2. The van der Waals surface area contributed by atoms with Crippen LogP contribution in [0.25, 0.3) is 0 Å². The van der Waals surface area contributed by atoms with Crippen LogP contribution in [-0.2, 0) is 18.3 Å². The number of nitrogens with zero attached hydrogens (tertiary/aromatic N) is 3. The second-order valence-corrected chi connectivity index (χ2v) is 5.18. The summed E-state index contributed by atoms with van der Waals surface area (Å²) in [6, 6.07) is 2.03. The Labute approximate surface area is 113 Å². The van der Waals surface area contributed by atoms with Crippen molar-refractivity contribution in [2.75, 3.05) is 7.05 Å². The van der Waals surface area contributed by atoms with Gasteiger partial charge in [0.1, 0.15) is 11.5 Å². The molecule has 0 aromatic carbocycles. The Balaban J connectivity index is 2.09. The minimum atomic E-state index is -0.00551. The minimum absolute atomic E-state index is 0.00551. The Hall–Kier alpha value is -1.65. The molecule has 0 atom stereocenters. The summed E-state index contributed by atoms with van der Waals surface area (Å²) in [7, 11) is 3.62. The molecule has 2 rings (SSSR count). The van der Waals surface area contributed by atoms with E-state index in [1.54, 1.807) is 16.6 Å². The molecule has 19 heavy (non-hydrogen) atoms. The topological polar surface area (TPSA) is 55.2 Å². The lowest BCUT2D eigenvalue weighted by Gasteiger charge is -2.30. The summed E-state index contributed by atoms with van der Waals surface area (Å²) in [4.78, 5) is 25.5. The first kappa shape index (κ1) is 13.8. The van der Waals surface area contributed by atoms with Crippen molar-refractivity contribution in [1.82, 2.24) is 14.7 Å². The van der Waals surface area contributed by atoms with Gasteiger partial charge in [-0.15, -0.1) is 0 Å². The van der Waals surface area contributed by atoms with Crippen molar-refractivity contribution in [3.63, 3.8) is 0 Å². The number of amides is 1. The van der Waals surface area contributed by atoms with E-state index in [2.05, 4.69) is 5.10 Å². The second-order valence-electron chi connectivity index (χ2n) is 5.18. The van der Waals surface area contributed by atoms with E-state index in [9.17, 15) is 9.59 Å². The zero-order valence-electron chi connectivity index (χ0n) is 11.8. The van der Waals surface area contributed by atoms with Gasteiger partial charge in [0.25, 0.3) is 5.91 Å². The number of hydrogen-bond donors (Lipinski definition) is 0. The largest absolute Gasteiger partial charge is 0.337 e. The smallest absolute Gasteiger partial charge is 0.272 e. The van der Waals surface area contributed by atoms with E-state index in [0.717, 1.165) is 25.0 Å². The Kier molecular flexibility index (Phi) is 4.02. The third-order valence-electron chi connectivity index (χ3n) is 3.89. The summed E-state index contributed by atoms with van der Waals surface area (Å²) in [6.45, 7) is 2.02. The monoisotopic (exact) mass is 263 g/mol. The van der Waals surface area contributed by atoms with Crippen LogP contribution < -0.4 is 0 Å². The van der Waals surface area contributed by atoms with Crippen LogP contribution in [0, 0.1) is 0 Å². The molecule has 5 nitrogen and oxygen atoms in total. The quantitative estimate of drug-likeness (QED) is 0.831. The van der Waals surface area contributed by atoms with Crippen LogP contribution in [0.15, 0.2) is 6.07 Å². The van der Waals surface area contributed by atoms with E-state index in [1.807, 2.05) is 20.0 Å². The number of aromatic nitrogens is 2. The van der Waals surface area contributed by atoms with Crippen LogP contribution in [-0.4, -0.2) is 39.5 Å². The van der Waals surface area contributed by atoms with Crippen molar-refractivity contribution < 1.29 is 9.59 Å². The molecule has 1 aromatic heterocycles. The molecular weight excluding hydrogens is 242 g/mol. The maximum absolute atomic E-state index is 12.5. The van der Waals surface area contributed by atoms with Gasteiger partial charge >= 0.3 is 0 Å². The molecule has 0 saturated heterocycles. The summed E-state index contributed by atoms with van der Waals surface area (Å²) < 4.78 is 1.64. The molecule has 104 valence electrons. The molecule has 0 radical (unpaired) electrons. The number of Topliss-reactive ketones (excluding diaryl/α,β-unsaturated/α-hetero) is 1. The van der Waals surface area contributed by atoms with Crippen LogP contribution in [0.5, 0.6) is 0 Å². The number of aryl methyl sites for hydroxylation is 2. The maximum Gasteiger partial charge on any atom is 0.272 e. The molecule has 1 saturated carbocycles. The van der Waals surface area contributed by atoms with E-state index in [0.29, 0.717) is 24.3 Å². The molecule has 1 heterocycles. The van der Waals surface area contributed by atoms with Crippen molar-refractivity contribution in [2.45, 2.75) is 45.1 Å². The lowest BCUT2D eigenvalue weighted by atomic mass is 9.93. The van der Waals surface area contributed by atoms with Gasteiger partial charge in [-0.2, -0.15) is 5.10 Å². The number of rotatable bonds is 3. The third-order valence-corrected chi connectivity index (χ3v) is 3.89. The Morgan fingerprint density at radius 2 is 2.11 bits per heavy atom. The van der Waals surface area contributed by atoms with E-state index < -0.39 is 0 Å². The molecular formula is C14H21N3O2. The molecule has 5 heteroatoms. The van der Waals surface area contributed by atoms with Gasteiger partial charge in [-0.1, -0.05) is 6.92 Å².